The van der Waals surface area contributed by atoms with E-state index in [9.17, 15) is 15.0 Å². The number of aliphatic carboxylic acids is 1. The standard InChI is InChI=1S/C30H48O3/c1-18-10-13-27(5)16-17-30(25(32)33)20(24(27)19(18)2)8-9-22-28(6)14-12-23(31)26(3,4)21(28)11-15-29(22,30)7/h8,18-19,21-24,31H,9-17H2,1-7H3,(H,32,33)/t18-,19+,21?,22?,23+,24?,27-,28+,29-,30-/m1/s1. The monoisotopic (exact) mass is 456 g/mol. The minimum Gasteiger partial charge on any atom is -0.481 e. The zero-order valence-corrected chi connectivity index (χ0v) is 22.2. The number of carboxylic acid groups (broad SMARTS) is 1. The maximum atomic E-state index is 13.5. The Morgan fingerprint density at radius 3 is 2.27 bits per heavy atom. The first-order valence-corrected chi connectivity index (χ1v) is 13.9. The minimum absolute atomic E-state index is 0.0897. The largest absolute Gasteiger partial charge is 0.481 e. The number of hydrogen-bond acceptors (Lipinski definition) is 2. The van der Waals surface area contributed by atoms with E-state index in [2.05, 4.69) is 54.5 Å². The van der Waals surface area contributed by atoms with Crippen LogP contribution in [0.15, 0.2) is 11.6 Å². The Labute approximate surface area is 201 Å². The van der Waals surface area contributed by atoms with Gasteiger partial charge in [-0.3, -0.25) is 4.79 Å². The Morgan fingerprint density at radius 1 is 0.909 bits per heavy atom. The molecule has 2 N–H and O–H groups in total. The van der Waals surface area contributed by atoms with Crippen LogP contribution in [-0.4, -0.2) is 22.3 Å². The van der Waals surface area contributed by atoms with Gasteiger partial charge in [0.1, 0.15) is 0 Å². The summed E-state index contributed by atoms with van der Waals surface area (Å²) in [6, 6.07) is 0. The molecule has 0 aromatic rings. The maximum Gasteiger partial charge on any atom is 0.314 e. The van der Waals surface area contributed by atoms with Gasteiger partial charge in [0.05, 0.1) is 11.5 Å². The van der Waals surface area contributed by atoms with Crippen LogP contribution in [0.4, 0.5) is 0 Å². The number of hydrogen-bond donors (Lipinski definition) is 2. The fourth-order valence-corrected chi connectivity index (χ4v) is 11.0. The topological polar surface area (TPSA) is 57.5 Å². The third kappa shape index (κ3) is 2.75. The number of rotatable bonds is 1. The molecule has 0 radical (unpaired) electrons. The van der Waals surface area contributed by atoms with E-state index >= 15 is 0 Å². The third-order valence-corrected chi connectivity index (χ3v) is 13.2. The fraction of sp³-hybridized carbons (Fsp3) is 0.900. The number of aliphatic hydroxyl groups is 1. The molecule has 4 fully saturated rings. The Bertz CT molecular complexity index is 874. The zero-order chi connectivity index (χ0) is 24.2. The Morgan fingerprint density at radius 2 is 1.61 bits per heavy atom. The lowest BCUT2D eigenvalue weighted by Gasteiger charge is -2.70. The first kappa shape index (κ1) is 23.9. The van der Waals surface area contributed by atoms with E-state index in [0.717, 1.165) is 44.9 Å². The molecule has 3 nitrogen and oxygen atoms in total. The highest BCUT2D eigenvalue weighted by molar-refractivity contribution is 5.81. The highest BCUT2D eigenvalue weighted by Crippen LogP contribution is 2.75. The zero-order valence-electron chi connectivity index (χ0n) is 22.2. The molecule has 5 aliphatic carbocycles. The summed E-state index contributed by atoms with van der Waals surface area (Å²) in [5.74, 6) is 1.88. The smallest absolute Gasteiger partial charge is 0.314 e. The first-order valence-electron chi connectivity index (χ1n) is 13.9. The molecule has 0 aromatic heterocycles. The van der Waals surface area contributed by atoms with E-state index in [1.165, 1.54) is 18.4 Å². The lowest BCUT2D eigenvalue weighted by molar-refractivity contribution is -0.214. The van der Waals surface area contributed by atoms with Gasteiger partial charge in [0.2, 0.25) is 0 Å². The molecule has 186 valence electrons. The Kier molecular flexibility index (Phi) is 5.15. The molecule has 0 saturated heterocycles. The van der Waals surface area contributed by atoms with Crippen molar-refractivity contribution in [2.45, 2.75) is 112 Å². The molecular formula is C30H48O3. The van der Waals surface area contributed by atoms with E-state index in [1.807, 2.05) is 0 Å². The molecule has 3 unspecified atom stereocenters. The summed E-state index contributed by atoms with van der Waals surface area (Å²) in [4.78, 5) is 13.5. The van der Waals surface area contributed by atoms with Crippen LogP contribution in [0.1, 0.15) is 106 Å². The van der Waals surface area contributed by atoms with Gasteiger partial charge >= 0.3 is 5.97 Å². The SMILES string of the molecule is C[C@@H]1CC[C@]2(C)CC[C@]3(C(=O)O)C(=CCC4[C@@]5(C)CC[C@H](O)C(C)(C)C5CC[C@]43C)C2[C@H]1C. The molecule has 0 spiro atoms. The lowest BCUT2D eigenvalue weighted by Crippen LogP contribution is -2.67. The molecule has 0 heterocycles. The molecule has 0 bridgehead atoms. The number of aliphatic hydroxyl groups excluding tert-OH is 1. The van der Waals surface area contributed by atoms with Crippen molar-refractivity contribution in [3.05, 3.63) is 11.6 Å². The van der Waals surface area contributed by atoms with Gasteiger partial charge < -0.3 is 10.2 Å². The van der Waals surface area contributed by atoms with Gasteiger partial charge in [-0.1, -0.05) is 60.1 Å². The molecule has 0 aliphatic heterocycles. The summed E-state index contributed by atoms with van der Waals surface area (Å²) in [6.45, 7) is 16.6. The highest BCUT2D eigenvalue weighted by Gasteiger charge is 2.71. The van der Waals surface area contributed by atoms with Crippen molar-refractivity contribution >= 4 is 5.97 Å². The summed E-state index contributed by atoms with van der Waals surface area (Å²) >= 11 is 0. The molecule has 0 aromatic carbocycles. The molecule has 5 rings (SSSR count). The summed E-state index contributed by atoms with van der Waals surface area (Å²) < 4.78 is 0. The lowest BCUT2D eigenvalue weighted by atomic mass is 9.33. The quantitative estimate of drug-likeness (QED) is 0.414. The number of carboxylic acids is 1. The van der Waals surface area contributed by atoms with Crippen molar-refractivity contribution in [3.63, 3.8) is 0 Å². The van der Waals surface area contributed by atoms with E-state index in [4.69, 9.17) is 0 Å². The normalized spacial score (nSPS) is 55.3. The molecule has 4 saturated carbocycles. The molecule has 33 heavy (non-hydrogen) atoms. The Balaban J connectivity index is 1.66. The van der Waals surface area contributed by atoms with Crippen molar-refractivity contribution in [1.29, 1.82) is 0 Å². The number of allylic oxidation sites excluding steroid dienone is 1. The second kappa shape index (κ2) is 7.11. The van der Waals surface area contributed by atoms with Gasteiger partial charge in [-0.2, -0.15) is 0 Å². The van der Waals surface area contributed by atoms with E-state index < -0.39 is 11.4 Å². The van der Waals surface area contributed by atoms with Crippen molar-refractivity contribution in [2.75, 3.05) is 0 Å². The van der Waals surface area contributed by atoms with Crippen LogP contribution < -0.4 is 0 Å². The third-order valence-electron chi connectivity index (χ3n) is 13.2. The van der Waals surface area contributed by atoms with Crippen molar-refractivity contribution < 1.29 is 15.0 Å². The average Bonchev–Trinajstić information content (AvgIpc) is 2.73. The summed E-state index contributed by atoms with van der Waals surface area (Å²) in [5.41, 5.74) is 0.615. The van der Waals surface area contributed by atoms with E-state index in [-0.39, 0.29) is 27.8 Å². The first-order chi connectivity index (χ1) is 15.3. The molecular weight excluding hydrogens is 408 g/mol. The van der Waals surface area contributed by atoms with Crippen LogP contribution >= 0.6 is 0 Å². The minimum atomic E-state index is -0.723. The summed E-state index contributed by atoms with van der Waals surface area (Å²) in [5, 5.41) is 22.0. The molecule has 5 aliphatic rings. The number of fused-ring (bicyclic) bond motifs is 7. The second-order valence-corrected chi connectivity index (χ2v) is 14.6. The summed E-state index contributed by atoms with van der Waals surface area (Å²) in [7, 11) is 0. The molecule has 3 heteroatoms. The van der Waals surface area contributed by atoms with Gasteiger partial charge in [-0.15, -0.1) is 0 Å². The van der Waals surface area contributed by atoms with E-state index in [1.54, 1.807) is 0 Å². The van der Waals surface area contributed by atoms with Crippen LogP contribution in [0.2, 0.25) is 0 Å². The summed E-state index contributed by atoms with van der Waals surface area (Å²) in [6.07, 6.45) is 11.5. The van der Waals surface area contributed by atoms with Gasteiger partial charge in [-0.05, 0) is 109 Å². The van der Waals surface area contributed by atoms with Gasteiger partial charge in [-0.25, -0.2) is 0 Å². The Hall–Kier alpha value is -0.830. The van der Waals surface area contributed by atoms with Crippen molar-refractivity contribution in [3.8, 4) is 0 Å². The average molecular weight is 457 g/mol. The van der Waals surface area contributed by atoms with Crippen molar-refractivity contribution in [2.24, 2.45) is 56.7 Å². The van der Waals surface area contributed by atoms with Gasteiger partial charge in [0, 0.05) is 0 Å². The van der Waals surface area contributed by atoms with Crippen LogP contribution in [-0.2, 0) is 4.79 Å². The highest BCUT2D eigenvalue weighted by atomic mass is 16.4. The fourth-order valence-electron chi connectivity index (χ4n) is 11.0. The van der Waals surface area contributed by atoms with Gasteiger partial charge in [0.15, 0.2) is 0 Å². The van der Waals surface area contributed by atoms with E-state index in [0.29, 0.717) is 29.6 Å². The maximum absolute atomic E-state index is 13.5. The number of carbonyl (C=O) groups is 1. The molecule has 0 amide bonds. The van der Waals surface area contributed by atoms with Crippen LogP contribution in [0.5, 0.6) is 0 Å². The van der Waals surface area contributed by atoms with Crippen LogP contribution in [0.3, 0.4) is 0 Å². The second-order valence-electron chi connectivity index (χ2n) is 14.6. The van der Waals surface area contributed by atoms with Crippen LogP contribution in [0.25, 0.3) is 0 Å². The van der Waals surface area contributed by atoms with Gasteiger partial charge in [0.25, 0.3) is 0 Å². The predicted octanol–water partition coefficient (Wildman–Crippen LogP) is 7.09. The predicted molar refractivity (Wildman–Crippen MR) is 133 cm³/mol. The van der Waals surface area contributed by atoms with Crippen molar-refractivity contribution in [1.82, 2.24) is 0 Å². The molecule has 10 atom stereocenters. The van der Waals surface area contributed by atoms with Crippen LogP contribution in [0, 0.1) is 56.7 Å².